The van der Waals surface area contributed by atoms with E-state index in [0.29, 0.717) is 10.4 Å². The SMILES string of the molecule is O=C1NC([Se])=NC1=Cc1ccc(Br)cc1. The van der Waals surface area contributed by atoms with E-state index in [-0.39, 0.29) is 5.91 Å². The van der Waals surface area contributed by atoms with Crippen molar-refractivity contribution in [2.24, 2.45) is 4.99 Å². The molecule has 15 heavy (non-hydrogen) atoms. The number of hydrogen-bond donors (Lipinski definition) is 1. The maximum atomic E-state index is 11.3. The van der Waals surface area contributed by atoms with Gasteiger partial charge in [-0.3, -0.25) is 0 Å². The molecule has 1 radical (unpaired) electrons. The fourth-order valence-corrected chi connectivity index (χ4v) is 1.83. The number of rotatable bonds is 1. The molecule has 1 amide bonds. The van der Waals surface area contributed by atoms with E-state index in [1.54, 1.807) is 6.08 Å². The first-order chi connectivity index (χ1) is 7.15. The molecule has 3 nitrogen and oxygen atoms in total. The fraction of sp³-hybridized carbons (Fsp3) is 0. The summed E-state index contributed by atoms with van der Waals surface area (Å²) in [5.41, 5.74) is 1.37. The van der Waals surface area contributed by atoms with Crippen LogP contribution in [0.1, 0.15) is 5.56 Å². The molecule has 0 aliphatic carbocycles. The number of nitrogens with one attached hydrogen (secondary N) is 1. The Bertz CT molecular complexity index is 465. The van der Waals surface area contributed by atoms with Crippen molar-refractivity contribution in [1.82, 2.24) is 5.32 Å². The topological polar surface area (TPSA) is 41.5 Å². The first kappa shape index (κ1) is 10.6. The molecule has 0 saturated heterocycles. The van der Waals surface area contributed by atoms with E-state index in [1.807, 2.05) is 24.3 Å². The van der Waals surface area contributed by atoms with Crippen LogP contribution < -0.4 is 5.32 Å². The second kappa shape index (κ2) is 4.31. The molecule has 5 heteroatoms. The van der Waals surface area contributed by atoms with Crippen LogP contribution in [0.4, 0.5) is 0 Å². The van der Waals surface area contributed by atoms with E-state index in [2.05, 4.69) is 42.3 Å². The molecular weight excluding hydrogens is 323 g/mol. The minimum atomic E-state index is -0.174. The first-order valence-electron chi connectivity index (χ1n) is 4.19. The van der Waals surface area contributed by atoms with Crippen molar-refractivity contribution in [3.05, 3.63) is 40.0 Å². The third-order valence-electron chi connectivity index (χ3n) is 1.85. The van der Waals surface area contributed by atoms with Crippen molar-refractivity contribution in [2.45, 2.75) is 0 Å². The first-order valence-corrected chi connectivity index (χ1v) is 5.84. The van der Waals surface area contributed by atoms with Crippen LogP contribution in [0.5, 0.6) is 0 Å². The number of aliphatic imine (C=N–C) groups is 1. The van der Waals surface area contributed by atoms with Gasteiger partial charge in [0.1, 0.15) is 0 Å². The van der Waals surface area contributed by atoms with Crippen LogP contribution in [0.3, 0.4) is 0 Å². The Morgan fingerprint density at radius 2 is 2.00 bits per heavy atom. The van der Waals surface area contributed by atoms with Gasteiger partial charge in [-0.2, -0.15) is 0 Å². The maximum absolute atomic E-state index is 11.3. The van der Waals surface area contributed by atoms with Gasteiger partial charge in [0.25, 0.3) is 0 Å². The third-order valence-corrected chi connectivity index (χ3v) is 2.78. The van der Waals surface area contributed by atoms with E-state index < -0.39 is 0 Å². The second-order valence-corrected chi connectivity index (χ2v) is 4.68. The summed E-state index contributed by atoms with van der Waals surface area (Å²) in [4.78, 5) is 15.4. The zero-order valence-electron chi connectivity index (χ0n) is 7.53. The monoisotopic (exact) mass is 329 g/mol. The van der Waals surface area contributed by atoms with Gasteiger partial charge in [-0.1, -0.05) is 0 Å². The molecule has 0 saturated carbocycles. The van der Waals surface area contributed by atoms with Crippen LogP contribution in [-0.2, 0) is 4.79 Å². The van der Waals surface area contributed by atoms with Crippen LogP contribution in [0.2, 0.25) is 0 Å². The molecule has 0 aromatic heterocycles. The molecular formula is C10H6BrN2OSe. The Morgan fingerprint density at radius 1 is 1.33 bits per heavy atom. The number of benzene rings is 1. The summed E-state index contributed by atoms with van der Waals surface area (Å²) < 4.78 is 1.52. The van der Waals surface area contributed by atoms with Gasteiger partial charge < -0.3 is 0 Å². The Hall–Kier alpha value is -0.901. The van der Waals surface area contributed by atoms with E-state index >= 15 is 0 Å². The Balaban J connectivity index is 2.31. The van der Waals surface area contributed by atoms with Crippen molar-refractivity contribution in [3.63, 3.8) is 0 Å². The normalized spacial score (nSPS) is 17.8. The van der Waals surface area contributed by atoms with Crippen molar-refractivity contribution >= 4 is 48.7 Å². The van der Waals surface area contributed by atoms with Gasteiger partial charge in [-0.25, -0.2) is 0 Å². The molecule has 1 aromatic rings. The van der Waals surface area contributed by atoms with E-state index in [1.165, 1.54) is 0 Å². The Kier molecular flexibility index (Phi) is 3.05. The number of amidine groups is 1. The molecule has 1 aliphatic heterocycles. The van der Waals surface area contributed by atoms with Gasteiger partial charge in [0.15, 0.2) is 0 Å². The van der Waals surface area contributed by atoms with Gasteiger partial charge in [0.2, 0.25) is 0 Å². The average molecular weight is 329 g/mol. The summed E-state index contributed by atoms with van der Waals surface area (Å²) in [6.45, 7) is 0. The van der Waals surface area contributed by atoms with Crippen LogP contribution in [-0.4, -0.2) is 26.7 Å². The number of halogens is 1. The van der Waals surface area contributed by atoms with Gasteiger partial charge in [0.05, 0.1) is 0 Å². The molecule has 0 fully saturated rings. The number of amides is 1. The molecule has 2 rings (SSSR count). The summed E-state index contributed by atoms with van der Waals surface area (Å²) in [5.74, 6) is -0.174. The van der Waals surface area contributed by atoms with Crippen LogP contribution in [0.25, 0.3) is 6.08 Å². The number of carbonyl (C=O) groups excluding carboxylic acids is 1. The molecule has 1 aromatic carbocycles. The van der Waals surface area contributed by atoms with Crippen LogP contribution in [0.15, 0.2) is 39.4 Å². The second-order valence-electron chi connectivity index (χ2n) is 2.95. The Morgan fingerprint density at radius 3 is 2.53 bits per heavy atom. The zero-order chi connectivity index (χ0) is 10.8. The van der Waals surface area contributed by atoms with Crippen molar-refractivity contribution in [2.75, 3.05) is 0 Å². The van der Waals surface area contributed by atoms with Crippen molar-refractivity contribution in [3.8, 4) is 0 Å². The summed E-state index contributed by atoms with van der Waals surface area (Å²) in [7, 11) is 0. The standard InChI is InChI=1S/C10H6BrN2OSe/c11-7-3-1-6(2-4-7)5-8-9(14)13-10(15)12-8/h1-5H,(H,12,13,14). The van der Waals surface area contributed by atoms with Gasteiger partial charge in [-0.15, -0.1) is 0 Å². The predicted molar refractivity (Wildman–Crippen MR) is 63.5 cm³/mol. The summed E-state index contributed by atoms with van der Waals surface area (Å²) in [6, 6.07) is 7.67. The molecule has 0 unspecified atom stereocenters. The fourth-order valence-electron chi connectivity index (χ4n) is 1.16. The molecule has 1 heterocycles. The molecule has 0 atom stereocenters. The summed E-state index contributed by atoms with van der Waals surface area (Å²) >= 11 is 6.01. The molecule has 0 spiro atoms. The third kappa shape index (κ3) is 2.56. The predicted octanol–water partition coefficient (Wildman–Crippen LogP) is 1.44. The van der Waals surface area contributed by atoms with Gasteiger partial charge in [-0.05, 0) is 0 Å². The van der Waals surface area contributed by atoms with E-state index in [4.69, 9.17) is 0 Å². The van der Waals surface area contributed by atoms with Crippen LogP contribution in [0, 0.1) is 0 Å². The van der Waals surface area contributed by atoms with Crippen LogP contribution >= 0.6 is 15.9 Å². The average Bonchev–Trinajstić information content (AvgIpc) is 2.49. The van der Waals surface area contributed by atoms with E-state index in [0.717, 1.165) is 10.0 Å². The quantitative estimate of drug-likeness (QED) is 0.615. The summed E-state index contributed by atoms with van der Waals surface area (Å²) in [5, 5.41) is 2.58. The van der Waals surface area contributed by atoms with Crippen molar-refractivity contribution < 1.29 is 4.79 Å². The number of hydrogen-bond acceptors (Lipinski definition) is 2. The van der Waals surface area contributed by atoms with Gasteiger partial charge in [0, 0.05) is 0 Å². The minimum absolute atomic E-state index is 0.174. The molecule has 0 bridgehead atoms. The summed E-state index contributed by atoms with van der Waals surface area (Å²) in [6.07, 6.45) is 1.74. The Labute approximate surface area is 104 Å². The van der Waals surface area contributed by atoms with Gasteiger partial charge >= 0.3 is 104 Å². The molecule has 75 valence electrons. The zero-order valence-corrected chi connectivity index (χ0v) is 10.8. The van der Waals surface area contributed by atoms with E-state index in [9.17, 15) is 4.79 Å². The molecule has 1 aliphatic rings. The number of carbonyl (C=O) groups is 1. The van der Waals surface area contributed by atoms with Crippen molar-refractivity contribution in [1.29, 1.82) is 0 Å². The molecule has 1 N–H and O–H groups in total. The number of nitrogens with zero attached hydrogens (tertiary/aromatic N) is 1.